The Balaban J connectivity index is 1.16. The summed E-state index contributed by atoms with van der Waals surface area (Å²) >= 11 is 0.277. The second-order valence-corrected chi connectivity index (χ2v) is 13.8. The van der Waals surface area contributed by atoms with Gasteiger partial charge in [0.2, 0.25) is 0 Å². The van der Waals surface area contributed by atoms with Gasteiger partial charge in [0.15, 0.2) is 0 Å². The van der Waals surface area contributed by atoms with E-state index in [2.05, 4.69) is 127 Å². The van der Waals surface area contributed by atoms with Gasteiger partial charge in [0.05, 0.1) is 0 Å². The normalized spacial score (nSPS) is 11.4. The summed E-state index contributed by atoms with van der Waals surface area (Å²) in [6, 6.07) is 57.8. The minimum atomic E-state index is 0.277. The van der Waals surface area contributed by atoms with E-state index >= 15 is 0 Å². The molecule has 0 unspecified atom stereocenters. The molecule has 0 radical (unpaired) electrons. The van der Waals surface area contributed by atoms with E-state index in [1.54, 1.807) is 0 Å². The average molecular weight is 665 g/mol. The van der Waals surface area contributed by atoms with Crippen molar-refractivity contribution in [3.63, 3.8) is 0 Å². The minimum Gasteiger partial charge on any atom is -0.0617 e. The van der Waals surface area contributed by atoms with E-state index in [1.807, 2.05) is 36.4 Å². The van der Waals surface area contributed by atoms with E-state index in [9.17, 15) is 0 Å². The Bertz CT molecular complexity index is 2550. The van der Waals surface area contributed by atoms with Crippen molar-refractivity contribution in [2.45, 2.75) is 0 Å². The fourth-order valence-corrected chi connectivity index (χ4v) is 8.99. The zero-order valence-electron chi connectivity index (χ0n) is 25.3. The van der Waals surface area contributed by atoms with E-state index in [1.165, 1.54) is 41.4 Å². The van der Waals surface area contributed by atoms with E-state index in [0.717, 1.165) is 27.6 Å². The minimum absolute atomic E-state index is 0.277. The van der Waals surface area contributed by atoms with Crippen LogP contribution in [0.4, 0.5) is 0 Å². The van der Waals surface area contributed by atoms with Crippen molar-refractivity contribution >= 4 is 44.6 Å². The van der Waals surface area contributed by atoms with Crippen LogP contribution < -0.4 is 0 Å². The van der Waals surface area contributed by atoms with Gasteiger partial charge in [-0.2, -0.15) is 0 Å². The molecule has 0 aliphatic heterocycles. The van der Waals surface area contributed by atoms with Gasteiger partial charge in [-0.3, -0.25) is 0 Å². The Hall–Kier alpha value is -5.67. The van der Waals surface area contributed by atoms with E-state index in [0.29, 0.717) is 17.5 Å². The number of aromatic nitrogens is 3. The van der Waals surface area contributed by atoms with Crippen molar-refractivity contribution in [1.29, 1.82) is 0 Å². The molecule has 2 heterocycles. The molecule has 0 amide bonds. The molecular weight excluding hydrogens is 637 g/mol. The molecule has 4 heteroatoms. The van der Waals surface area contributed by atoms with Crippen molar-refractivity contribution in [3.8, 4) is 56.4 Å². The zero-order chi connectivity index (χ0) is 31.2. The average Bonchev–Trinajstić information content (AvgIpc) is 3.54. The van der Waals surface area contributed by atoms with Crippen molar-refractivity contribution in [2.24, 2.45) is 0 Å². The first-order valence-corrected chi connectivity index (χ1v) is 17.4. The van der Waals surface area contributed by atoms with Gasteiger partial charge in [-0.15, -0.1) is 0 Å². The quantitative estimate of drug-likeness (QED) is 0.172. The molecule has 9 aromatic rings. The standard InChI is InChI=1S/C43H27N3Se/c1-3-11-28(12-4-1)29-21-23-31(24-22-29)42-44-41(30-13-5-2-6-14-30)45-43(46-42)33-25-26-34-32(27-33)15-9-17-35(34)37-18-10-19-38-36-16-7-8-20-39(36)47-40(37)38/h1-27H. The van der Waals surface area contributed by atoms with Crippen LogP contribution in [0.1, 0.15) is 0 Å². The molecule has 0 aliphatic carbocycles. The van der Waals surface area contributed by atoms with Gasteiger partial charge in [-0.25, -0.2) is 0 Å². The summed E-state index contributed by atoms with van der Waals surface area (Å²) in [5.74, 6) is 1.98. The maximum atomic E-state index is 5.04. The van der Waals surface area contributed by atoms with E-state index in [-0.39, 0.29) is 14.5 Å². The van der Waals surface area contributed by atoms with Crippen LogP contribution in [0.3, 0.4) is 0 Å². The van der Waals surface area contributed by atoms with Crippen LogP contribution in [-0.4, -0.2) is 29.5 Å². The first-order valence-electron chi connectivity index (χ1n) is 15.7. The van der Waals surface area contributed by atoms with Crippen LogP contribution in [0.25, 0.3) is 86.5 Å². The molecule has 0 saturated heterocycles. The van der Waals surface area contributed by atoms with E-state index in [4.69, 9.17) is 15.0 Å². The monoisotopic (exact) mass is 665 g/mol. The second-order valence-electron chi connectivity index (χ2n) is 11.6. The van der Waals surface area contributed by atoms with Gasteiger partial charge in [-0.1, -0.05) is 60.7 Å². The van der Waals surface area contributed by atoms with Crippen LogP contribution in [-0.2, 0) is 0 Å². The van der Waals surface area contributed by atoms with Gasteiger partial charge < -0.3 is 0 Å². The molecule has 0 spiro atoms. The summed E-state index contributed by atoms with van der Waals surface area (Å²) in [5, 5.41) is 5.14. The molecule has 0 bridgehead atoms. The van der Waals surface area contributed by atoms with Gasteiger partial charge in [0.1, 0.15) is 0 Å². The number of fused-ring (bicyclic) bond motifs is 4. The molecule has 0 saturated carbocycles. The summed E-state index contributed by atoms with van der Waals surface area (Å²) in [6.07, 6.45) is 0. The second kappa shape index (κ2) is 11.6. The Labute approximate surface area is 278 Å². The number of benzene rings is 7. The molecule has 0 N–H and O–H groups in total. The van der Waals surface area contributed by atoms with Gasteiger partial charge in [0, 0.05) is 0 Å². The summed E-state index contributed by atoms with van der Waals surface area (Å²) in [7, 11) is 0. The summed E-state index contributed by atoms with van der Waals surface area (Å²) in [5.41, 5.74) is 7.81. The first-order chi connectivity index (χ1) is 23.3. The van der Waals surface area contributed by atoms with Crippen LogP contribution in [0.2, 0.25) is 0 Å². The van der Waals surface area contributed by atoms with Crippen molar-refractivity contribution in [1.82, 2.24) is 15.0 Å². The molecule has 47 heavy (non-hydrogen) atoms. The van der Waals surface area contributed by atoms with Crippen LogP contribution >= 0.6 is 0 Å². The number of hydrogen-bond acceptors (Lipinski definition) is 3. The van der Waals surface area contributed by atoms with Crippen molar-refractivity contribution in [3.05, 3.63) is 164 Å². The zero-order valence-corrected chi connectivity index (χ0v) is 27.1. The predicted octanol–water partition coefficient (Wildman–Crippen LogP) is 10.7. The molecule has 9 rings (SSSR count). The molecular formula is C43H27N3Se. The third-order valence-electron chi connectivity index (χ3n) is 8.75. The van der Waals surface area contributed by atoms with E-state index < -0.39 is 0 Å². The van der Waals surface area contributed by atoms with Crippen LogP contribution in [0.5, 0.6) is 0 Å². The number of nitrogens with zero attached hydrogens (tertiary/aromatic N) is 3. The Morgan fingerprint density at radius 2 is 0.872 bits per heavy atom. The van der Waals surface area contributed by atoms with Crippen LogP contribution in [0.15, 0.2) is 164 Å². The smallest absolute Gasteiger partial charge is 0.0617 e. The molecule has 3 nitrogen and oxygen atoms in total. The number of rotatable bonds is 5. The molecule has 2 aromatic heterocycles. The predicted molar refractivity (Wildman–Crippen MR) is 196 cm³/mol. The van der Waals surface area contributed by atoms with Gasteiger partial charge >= 0.3 is 208 Å². The molecule has 220 valence electrons. The fraction of sp³-hybridized carbons (Fsp3) is 0. The third-order valence-corrected chi connectivity index (χ3v) is 11.3. The molecule has 7 aromatic carbocycles. The Morgan fingerprint density at radius 3 is 1.64 bits per heavy atom. The first kappa shape index (κ1) is 27.6. The van der Waals surface area contributed by atoms with Crippen molar-refractivity contribution < 1.29 is 0 Å². The maximum absolute atomic E-state index is 5.04. The number of hydrogen-bond donors (Lipinski definition) is 0. The molecule has 0 fully saturated rings. The third kappa shape index (κ3) is 5.05. The van der Waals surface area contributed by atoms with Crippen molar-refractivity contribution in [2.75, 3.05) is 0 Å². The summed E-state index contributed by atoms with van der Waals surface area (Å²) < 4.78 is 2.92. The Morgan fingerprint density at radius 1 is 0.340 bits per heavy atom. The SMILES string of the molecule is c1ccc(-c2ccc(-c3nc(-c4ccccc4)nc(-c4ccc5c(-c6cccc7c6[se]c6ccccc67)cccc5c4)n3)cc2)cc1. The van der Waals surface area contributed by atoms with Gasteiger partial charge in [-0.05, 0) is 11.1 Å². The van der Waals surface area contributed by atoms with Crippen LogP contribution in [0, 0.1) is 0 Å². The molecule has 0 atom stereocenters. The summed E-state index contributed by atoms with van der Waals surface area (Å²) in [6.45, 7) is 0. The Kier molecular flexibility index (Phi) is 6.82. The summed E-state index contributed by atoms with van der Waals surface area (Å²) in [4.78, 5) is 15.0. The topological polar surface area (TPSA) is 38.7 Å². The van der Waals surface area contributed by atoms with Gasteiger partial charge in [0.25, 0.3) is 0 Å². The molecule has 0 aliphatic rings. The fourth-order valence-electron chi connectivity index (χ4n) is 6.41.